The van der Waals surface area contributed by atoms with Gasteiger partial charge in [0.15, 0.2) is 11.0 Å². The summed E-state index contributed by atoms with van der Waals surface area (Å²) in [5.41, 5.74) is 1.80. The summed E-state index contributed by atoms with van der Waals surface area (Å²) in [5.74, 6) is 1.30. The van der Waals surface area contributed by atoms with Crippen LogP contribution < -0.4 is 5.32 Å². The number of anilines is 1. The van der Waals surface area contributed by atoms with E-state index in [1.807, 2.05) is 13.8 Å². The molecule has 1 atom stereocenters. The zero-order valence-electron chi connectivity index (χ0n) is 11.2. The Balaban J connectivity index is 2.06. The van der Waals surface area contributed by atoms with Crippen LogP contribution in [0.2, 0.25) is 5.15 Å². The fourth-order valence-corrected chi connectivity index (χ4v) is 2.44. The molecule has 1 unspecified atom stereocenters. The van der Waals surface area contributed by atoms with Gasteiger partial charge in [-0.2, -0.15) is 0 Å². The van der Waals surface area contributed by atoms with Crippen LogP contribution >= 0.6 is 11.6 Å². The Morgan fingerprint density at radius 1 is 1.22 bits per heavy atom. The first kappa shape index (κ1) is 13.6. The first-order valence-corrected chi connectivity index (χ1v) is 6.80. The van der Waals surface area contributed by atoms with Gasteiger partial charge in [0.2, 0.25) is 0 Å². The van der Waals surface area contributed by atoms with Gasteiger partial charge in [0.25, 0.3) is 0 Å². The van der Waals surface area contributed by atoms with Crippen molar-refractivity contribution < 1.29 is 4.74 Å². The third kappa shape index (κ3) is 3.12. The molecular formula is C13H20ClN3O. The lowest BCUT2D eigenvalue weighted by atomic mass is 9.93. The van der Waals surface area contributed by atoms with Crippen molar-refractivity contribution in [2.24, 2.45) is 5.92 Å². The molecule has 0 amide bonds. The number of ether oxygens (including phenoxy) is 1. The van der Waals surface area contributed by atoms with Gasteiger partial charge in [0.1, 0.15) is 0 Å². The largest absolute Gasteiger partial charge is 0.381 e. The van der Waals surface area contributed by atoms with E-state index >= 15 is 0 Å². The van der Waals surface area contributed by atoms with Crippen molar-refractivity contribution in [3.8, 4) is 0 Å². The minimum absolute atomic E-state index is 0.336. The number of aromatic nitrogens is 2. The molecule has 5 heteroatoms. The Hall–Kier alpha value is -0.870. The molecule has 1 aromatic rings. The molecular weight excluding hydrogens is 250 g/mol. The molecule has 2 rings (SSSR count). The van der Waals surface area contributed by atoms with Gasteiger partial charge < -0.3 is 10.1 Å². The topological polar surface area (TPSA) is 47.0 Å². The summed E-state index contributed by atoms with van der Waals surface area (Å²) in [6.45, 7) is 7.73. The van der Waals surface area contributed by atoms with Crippen LogP contribution in [0.15, 0.2) is 0 Å². The molecule has 2 heterocycles. The lowest BCUT2D eigenvalue weighted by Gasteiger charge is -2.28. The quantitative estimate of drug-likeness (QED) is 0.916. The van der Waals surface area contributed by atoms with E-state index in [1.165, 1.54) is 0 Å². The van der Waals surface area contributed by atoms with Gasteiger partial charge in [-0.1, -0.05) is 11.6 Å². The first-order valence-electron chi connectivity index (χ1n) is 6.43. The van der Waals surface area contributed by atoms with E-state index in [0.29, 0.717) is 22.9 Å². The van der Waals surface area contributed by atoms with Crippen LogP contribution in [0.4, 0.5) is 5.82 Å². The standard InChI is InChI=1S/C13H20ClN3O/c1-8-9(2)16-13(12(14)15-8)17-10(3)11-4-6-18-7-5-11/h10-11H,4-7H2,1-3H3,(H,16,17). The highest BCUT2D eigenvalue weighted by Gasteiger charge is 2.21. The van der Waals surface area contributed by atoms with E-state index in [-0.39, 0.29) is 0 Å². The summed E-state index contributed by atoms with van der Waals surface area (Å²) in [5, 5.41) is 3.84. The third-order valence-electron chi connectivity index (χ3n) is 3.60. The Morgan fingerprint density at radius 3 is 2.50 bits per heavy atom. The third-order valence-corrected chi connectivity index (χ3v) is 3.87. The maximum absolute atomic E-state index is 6.12. The monoisotopic (exact) mass is 269 g/mol. The van der Waals surface area contributed by atoms with E-state index in [0.717, 1.165) is 37.4 Å². The first-order chi connectivity index (χ1) is 8.58. The number of nitrogens with one attached hydrogen (secondary N) is 1. The lowest BCUT2D eigenvalue weighted by molar-refractivity contribution is 0.0622. The zero-order chi connectivity index (χ0) is 13.1. The molecule has 0 radical (unpaired) electrons. The fraction of sp³-hybridized carbons (Fsp3) is 0.692. The summed E-state index contributed by atoms with van der Waals surface area (Å²) in [4.78, 5) is 8.76. The minimum atomic E-state index is 0.336. The molecule has 1 aromatic heterocycles. The maximum atomic E-state index is 6.12. The van der Waals surface area contributed by atoms with Gasteiger partial charge in [-0.3, -0.25) is 0 Å². The highest BCUT2D eigenvalue weighted by molar-refractivity contribution is 6.31. The molecule has 1 N–H and O–H groups in total. The Labute approximate surface area is 113 Å². The number of aryl methyl sites for hydroxylation is 2. The lowest BCUT2D eigenvalue weighted by Crippen LogP contribution is -2.31. The average Bonchev–Trinajstić information content (AvgIpc) is 2.37. The molecule has 1 fully saturated rings. The summed E-state index contributed by atoms with van der Waals surface area (Å²) >= 11 is 6.12. The molecule has 18 heavy (non-hydrogen) atoms. The van der Waals surface area contributed by atoms with Gasteiger partial charge in [0.05, 0.1) is 11.4 Å². The normalized spacial score (nSPS) is 18.7. The Bertz CT molecular complexity index is 419. The van der Waals surface area contributed by atoms with Crippen LogP contribution in [0.5, 0.6) is 0 Å². The maximum Gasteiger partial charge on any atom is 0.171 e. The number of hydrogen-bond acceptors (Lipinski definition) is 4. The van der Waals surface area contributed by atoms with Gasteiger partial charge in [0, 0.05) is 19.3 Å². The second-order valence-electron chi connectivity index (χ2n) is 4.92. The van der Waals surface area contributed by atoms with Crippen molar-refractivity contribution in [2.75, 3.05) is 18.5 Å². The Morgan fingerprint density at radius 2 is 1.83 bits per heavy atom. The second-order valence-corrected chi connectivity index (χ2v) is 5.27. The molecule has 0 saturated carbocycles. The van der Waals surface area contributed by atoms with Crippen LogP contribution in [0.1, 0.15) is 31.2 Å². The highest BCUT2D eigenvalue weighted by atomic mass is 35.5. The molecule has 0 aromatic carbocycles. The van der Waals surface area contributed by atoms with Crippen molar-refractivity contribution in [1.82, 2.24) is 9.97 Å². The predicted molar refractivity (Wildman–Crippen MR) is 73.1 cm³/mol. The van der Waals surface area contributed by atoms with Crippen LogP contribution in [0, 0.1) is 19.8 Å². The molecule has 0 aliphatic carbocycles. The van der Waals surface area contributed by atoms with E-state index in [4.69, 9.17) is 16.3 Å². The summed E-state index contributed by atoms with van der Waals surface area (Å²) in [6.07, 6.45) is 2.17. The molecule has 0 bridgehead atoms. The van der Waals surface area contributed by atoms with Crippen molar-refractivity contribution in [3.05, 3.63) is 16.5 Å². The van der Waals surface area contributed by atoms with E-state index in [9.17, 15) is 0 Å². The molecule has 1 aliphatic heterocycles. The second kappa shape index (κ2) is 5.85. The minimum Gasteiger partial charge on any atom is -0.381 e. The number of nitrogens with zero attached hydrogens (tertiary/aromatic N) is 2. The summed E-state index contributed by atoms with van der Waals surface area (Å²) < 4.78 is 5.38. The Kier molecular flexibility index (Phi) is 4.40. The van der Waals surface area contributed by atoms with Gasteiger partial charge in [-0.05, 0) is 39.5 Å². The fourth-order valence-electron chi connectivity index (χ4n) is 2.22. The van der Waals surface area contributed by atoms with Crippen LogP contribution in [0.3, 0.4) is 0 Å². The number of halogens is 1. The highest BCUT2D eigenvalue weighted by Crippen LogP contribution is 2.24. The zero-order valence-corrected chi connectivity index (χ0v) is 11.9. The summed E-state index contributed by atoms with van der Waals surface area (Å²) in [6, 6.07) is 0.336. The van der Waals surface area contributed by atoms with Crippen LogP contribution in [-0.2, 0) is 4.74 Å². The molecule has 0 spiro atoms. The van der Waals surface area contributed by atoms with Crippen LogP contribution in [0.25, 0.3) is 0 Å². The number of hydrogen-bond donors (Lipinski definition) is 1. The number of rotatable bonds is 3. The van der Waals surface area contributed by atoms with Crippen molar-refractivity contribution in [3.63, 3.8) is 0 Å². The molecule has 4 nitrogen and oxygen atoms in total. The van der Waals surface area contributed by atoms with Gasteiger partial charge >= 0.3 is 0 Å². The van der Waals surface area contributed by atoms with E-state index in [1.54, 1.807) is 0 Å². The van der Waals surface area contributed by atoms with Crippen molar-refractivity contribution in [1.29, 1.82) is 0 Å². The predicted octanol–water partition coefficient (Wildman–Crippen LogP) is 2.97. The molecule has 1 saturated heterocycles. The van der Waals surface area contributed by atoms with Gasteiger partial charge in [-0.15, -0.1) is 0 Å². The van der Waals surface area contributed by atoms with Crippen LogP contribution in [-0.4, -0.2) is 29.2 Å². The van der Waals surface area contributed by atoms with Crippen molar-refractivity contribution in [2.45, 2.75) is 39.7 Å². The van der Waals surface area contributed by atoms with Gasteiger partial charge in [-0.25, -0.2) is 9.97 Å². The summed E-state index contributed by atoms with van der Waals surface area (Å²) in [7, 11) is 0. The molecule has 100 valence electrons. The average molecular weight is 270 g/mol. The molecule has 1 aliphatic rings. The van der Waals surface area contributed by atoms with Crippen molar-refractivity contribution >= 4 is 17.4 Å². The van der Waals surface area contributed by atoms with E-state index in [2.05, 4.69) is 22.2 Å². The smallest absolute Gasteiger partial charge is 0.171 e. The van der Waals surface area contributed by atoms with E-state index < -0.39 is 0 Å². The SMILES string of the molecule is Cc1nc(Cl)c(NC(C)C2CCOCC2)nc1C.